The SMILES string of the molecule is CCCCCCC[C@@](CC)(NC(=O)[C@@H]1CCCN1C(=O)CNC(=O)NC(CN(C)S(=O)(=O)CC)C(C)(C)C)C(=O)O. The van der Waals surface area contributed by atoms with Gasteiger partial charge in [0.25, 0.3) is 0 Å². The second-order valence-corrected chi connectivity index (χ2v) is 14.4. The lowest BCUT2D eigenvalue weighted by molar-refractivity contribution is -0.149. The lowest BCUT2D eigenvalue weighted by Gasteiger charge is -2.34. The van der Waals surface area contributed by atoms with Gasteiger partial charge in [-0.1, -0.05) is 66.7 Å². The van der Waals surface area contributed by atoms with Crippen molar-refractivity contribution in [1.82, 2.24) is 25.2 Å². The Morgan fingerprint density at radius 2 is 1.68 bits per heavy atom. The Kier molecular flexibility index (Phi) is 14.5. The van der Waals surface area contributed by atoms with Crippen molar-refractivity contribution in [2.45, 2.75) is 117 Å². The summed E-state index contributed by atoms with van der Waals surface area (Å²) in [6.07, 6.45) is 6.29. The van der Waals surface area contributed by atoms with E-state index >= 15 is 0 Å². The summed E-state index contributed by atoms with van der Waals surface area (Å²) in [5.74, 6) is -2.08. The summed E-state index contributed by atoms with van der Waals surface area (Å²) in [7, 11) is -1.98. The minimum Gasteiger partial charge on any atom is -0.480 e. The molecule has 1 rings (SSSR count). The summed E-state index contributed by atoms with van der Waals surface area (Å²) in [6, 6.07) is -1.97. The number of likely N-dealkylation sites (N-methyl/N-ethyl adjacent to an activating group) is 1. The summed E-state index contributed by atoms with van der Waals surface area (Å²) in [5.41, 5.74) is -1.86. The van der Waals surface area contributed by atoms with Crippen LogP contribution in [0.5, 0.6) is 0 Å². The Bertz CT molecular complexity index is 998. The van der Waals surface area contributed by atoms with Crippen LogP contribution >= 0.6 is 0 Å². The molecule has 1 saturated heterocycles. The summed E-state index contributed by atoms with van der Waals surface area (Å²) >= 11 is 0. The molecule has 0 radical (unpaired) electrons. The molecular weight excluding hydrogens is 550 g/mol. The number of sulfonamides is 1. The van der Waals surface area contributed by atoms with Crippen LogP contribution < -0.4 is 16.0 Å². The van der Waals surface area contributed by atoms with E-state index in [0.717, 1.165) is 25.7 Å². The molecule has 1 aliphatic rings. The van der Waals surface area contributed by atoms with Crippen molar-refractivity contribution in [3.8, 4) is 0 Å². The average Bonchev–Trinajstić information content (AvgIpc) is 3.40. The van der Waals surface area contributed by atoms with Crippen molar-refractivity contribution >= 4 is 33.8 Å². The van der Waals surface area contributed by atoms with E-state index in [2.05, 4.69) is 22.9 Å². The molecule has 12 nitrogen and oxygen atoms in total. The van der Waals surface area contributed by atoms with Gasteiger partial charge in [0.1, 0.15) is 11.6 Å². The van der Waals surface area contributed by atoms with Crippen LogP contribution in [0.2, 0.25) is 0 Å². The van der Waals surface area contributed by atoms with E-state index in [-0.39, 0.29) is 25.3 Å². The number of carbonyl (C=O) groups is 4. The van der Waals surface area contributed by atoms with Crippen molar-refractivity contribution in [1.29, 1.82) is 0 Å². The standard InChI is InChI=1S/C28H53N5O7S/c1-8-11-12-13-14-17-28(9-2,25(36)37)31-24(35)21-16-15-18-33(21)23(34)19-29-26(38)30-22(27(4,5)6)20-32(7)41(39,40)10-3/h21-22H,8-20H2,1-7H3,(H,31,35)(H,36,37)(H2,29,30,38)/t21-,22?,28+/m0/s1. The second-order valence-electron chi connectivity index (χ2n) is 12.1. The maximum Gasteiger partial charge on any atom is 0.329 e. The number of amides is 4. The molecule has 0 aliphatic carbocycles. The van der Waals surface area contributed by atoms with Gasteiger partial charge in [0.2, 0.25) is 21.8 Å². The Labute approximate surface area is 246 Å². The number of hydrogen-bond acceptors (Lipinski definition) is 6. The highest BCUT2D eigenvalue weighted by Crippen LogP contribution is 2.24. The third-order valence-electron chi connectivity index (χ3n) is 7.99. The number of unbranched alkanes of at least 4 members (excludes halogenated alkanes) is 4. The third-order valence-corrected chi connectivity index (χ3v) is 9.82. The number of nitrogens with one attached hydrogen (secondary N) is 3. The Morgan fingerprint density at radius 3 is 2.22 bits per heavy atom. The number of likely N-dealkylation sites (tertiary alicyclic amines) is 1. The second kappa shape index (κ2) is 16.3. The highest BCUT2D eigenvalue weighted by molar-refractivity contribution is 7.89. The lowest BCUT2D eigenvalue weighted by atomic mass is 9.87. The van der Waals surface area contributed by atoms with E-state index in [0.29, 0.717) is 32.2 Å². The molecule has 1 unspecified atom stereocenters. The average molecular weight is 604 g/mol. The Morgan fingerprint density at radius 1 is 1.05 bits per heavy atom. The van der Waals surface area contributed by atoms with Crippen LogP contribution in [0.15, 0.2) is 0 Å². The molecule has 0 aromatic carbocycles. The smallest absolute Gasteiger partial charge is 0.329 e. The fourth-order valence-corrected chi connectivity index (χ4v) is 5.74. The maximum atomic E-state index is 13.3. The molecule has 0 saturated carbocycles. The summed E-state index contributed by atoms with van der Waals surface area (Å²) in [4.78, 5) is 52.6. The molecule has 1 fully saturated rings. The number of carbonyl (C=O) groups excluding carboxylic acids is 3. The van der Waals surface area contributed by atoms with Gasteiger partial charge in [0.15, 0.2) is 0 Å². The van der Waals surface area contributed by atoms with Gasteiger partial charge >= 0.3 is 12.0 Å². The summed E-state index contributed by atoms with van der Waals surface area (Å²) in [6.45, 7) is 11.1. The molecule has 1 aliphatic heterocycles. The van der Waals surface area contributed by atoms with E-state index in [1.54, 1.807) is 13.8 Å². The van der Waals surface area contributed by atoms with Crippen LogP contribution in [0.4, 0.5) is 4.79 Å². The molecule has 0 aromatic heterocycles. The fourth-order valence-electron chi connectivity index (χ4n) is 4.92. The number of urea groups is 1. The molecular formula is C28H53N5O7S. The zero-order chi connectivity index (χ0) is 31.4. The molecule has 0 spiro atoms. The van der Waals surface area contributed by atoms with Crippen LogP contribution in [0.1, 0.15) is 99.3 Å². The lowest BCUT2D eigenvalue weighted by Crippen LogP contribution is -2.59. The van der Waals surface area contributed by atoms with Gasteiger partial charge in [0.05, 0.1) is 12.3 Å². The van der Waals surface area contributed by atoms with Crippen LogP contribution in [-0.4, -0.2) is 96.6 Å². The number of hydrogen-bond donors (Lipinski definition) is 4. The predicted octanol–water partition coefficient (Wildman–Crippen LogP) is 2.68. The molecule has 238 valence electrons. The maximum absolute atomic E-state index is 13.3. The van der Waals surface area contributed by atoms with Crippen LogP contribution in [0, 0.1) is 5.41 Å². The van der Waals surface area contributed by atoms with Crippen LogP contribution in [-0.2, 0) is 24.4 Å². The van der Waals surface area contributed by atoms with Crippen molar-refractivity contribution < 1.29 is 32.7 Å². The topological polar surface area (TPSA) is 165 Å². The minimum atomic E-state index is -3.44. The largest absolute Gasteiger partial charge is 0.480 e. The highest BCUT2D eigenvalue weighted by atomic mass is 32.2. The number of carboxylic acids is 1. The van der Waals surface area contributed by atoms with Crippen LogP contribution in [0.25, 0.3) is 0 Å². The first-order chi connectivity index (χ1) is 19.0. The van der Waals surface area contributed by atoms with E-state index in [4.69, 9.17) is 0 Å². The van der Waals surface area contributed by atoms with Gasteiger partial charge in [0, 0.05) is 26.2 Å². The first-order valence-corrected chi connectivity index (χ1v) is 16.5. The van der Waals surface area contributed by atoms with Gasteiger partial charge in [-0.25, -0.2) is 22.3 Å². The summed E-state index contributed by atoms with van der Waals surface area (Å²) < 4.78 is 25.6. The Hall–Kier alpha value is -2.41. The van der Waals surface area contributed by atoms with E-state index in [1.807, 2.05) is 20.8 Å². The number of nitrogens with zero attached hydrogens (tertiary/aromatic N) is 2. The molecule has 4 N–H and O–H groups in total. The molecule has 13 heteroatoms. The number of carboxylic acid groups (broad SMARTS) is 1. The van der Waals surface area contributed by atoms with Gasteiger partial charge in [-0.05, 0) is 38.0 Å². The van der Waals surface area contributed by atoms with E-state index in [9.17, 15) is 32.7 Å². The monoisotopic (exact) mass is 603 g/mol. The van der Waals surface area contributed by atoms with Gasteiger partial charge < -0.3 is 26.0 Å². The molecule has 1 heterocycles. The fraction of sp³-hybridized carbons (Fsp3) is 0.857. The van der Waals surface area contributed by atoms with Crippen molar-refractivity contribution in [2.75, 3.05) is 32.4 Å². The molecule has 0 bridgehead atoms. The molecule has 41 heavy (non-hydrogen) atoms. The molecule has 0 aromatic rings. The zero-order valence-corrected chi connectivity index (χ0v) is 26.9. The third kappa shape index (κ3) is 11.1. The quantitative estimate of drug-likeness (QED) is 0.186. The van der Waals surface area contributed by atoms with E-state index < -0.39 is 56.9 Å². The van der Waals surface area contributed by atoms with Crippen LogP contribution in [0.3, 0.4) is 0 Å². The Balaban J connectivity index is 2.82. The number of aliphatic carboxylic acids is 1. The van der Waals surface area contributed by atoms with Crippen molar-refractivity contribution in [2.24, 2.45) is 5.41 Å². The first-order valence-electron chi connectivity index (χ1n) is 14.9. The van der Waals surface area contributed by atoms with E-state index in [1.165, 1.54) is 16.3 Å². The molecule has 4 amide bonds. The first kappa shape index (κ1) is 36.6. The molecule has 3 atom stereocenters. The van der Waals surface area contributed by atoms with Crippen molar-refractivity contribution in [3.63, 3.8) is 0 Å². The predicted molar refractivity (Wildman–Crippen MR) is 159 cm³/mol. The normalized spacial score (nSPS) is 18.0. The zero-order valence-electron chi connectivity index (χ0n) is 26.0. The summed E-state index contributed by atoms with van der Waals surface area (Å²) in [5, 5.41) is 18.1. The highest BCUT2D eigenvalue weighted by Gasteiger charge is 2.42. The van der Waals surface area contributed by atoms with Crippen molar-refractivity contribution in [3.05, 3.63) is 0 Å². The number of rotatable bonds is 17. The van der Waals surface area contributed by atoms with Gasteiger partial charge in [-0.15, -0.1) is 0 Å². The van der Waals surface area contributed by atoms with Gasteiger partial charge in [-0.2, -0.15) is 0 Å². The van der Waals surface area contributed by atoms with Gasteiger partial charge in [-0.3, -0.25) is 9.59 Å². The minimum absolute atomic E-state index is 0.0591.